The van der Waals surface area contributed by atoms with Crippen molar-refractivity contribution in [2.24, 2.45) is 0 Å². The van der Waals surface area contributed by atoms with Gasteiger partial charge in [0.1, 0.15) is 42.3 Å². The molecule has 3 amide bonds. The number of rotatable bonds is 11. The average Bonchev–Trinajstić information content (AvgIpc) is 3.92. The fourth-order valence-corrected chi connectivity index (χ4v) is 9.17. The van der Waals surface area contributed by atoms with Gasteiger partial charge in [0, 0.05) is 67.8 Å². The SMILES string of the molecule is CCNC(=O)c1nnc(-c2cc(C(C)C)c(O)cc2O)n1-c1ccc(OC2CCN(C(=O)CN(C)C(=O)O[C@@H]3C(=O)OCc4c3cc3n(c4=O)Cc4c-3nc3ccc(O)cc3c4CC)CC2)cc1. The zero-order valence-electron chi connectivity index (χ0n) is 38.1. The Balaban J connectivity index is 0.840. The normalized spacial score (nSPS) is 15.4. The zero-order valence-corrected chi connectivity index (χ0v) is 38.1. The van der Waals surface area contributed by atoms with E-state index in [-0.39, 0.29) is 83.2 Å². The van der Waals surface area contributed by atoms with Crippen LogP contribution in [0, 0.1) is 0 Å². The lowest BCUT2D eigenvalue weighted by atomic mass is 9.97. The highest BCUT2D eigenvalue weighted by molar-refractivity contribution is 5.93. The Bertz CT molecular complexity index is 3080. The van der Waals surface area contributed by atoms with Crippen LogP contribution in [-0.2, 0) is 38.6 Å². The second kappa shape index (κ2) is 18.0. The number of esters is 1. The number of cyclic esters (lactones) is 1. The summed E-state index contributed by atoms with van der Waals surface area (Å²) >= 11 is 0. The Morgan fingerprint density at radius 2 is 1.69 bits per heavy atom. The summed E-state index contributed by atoms with van der Waals surface area (Å²) in [6.45, 7) is 8.24. The van der Waals surface area contributed by atoms with Crippen molar-refractivity contribution < 1.29 is 48.7 Å². The van der Waals surface area contributed by atoms with Crippen molar-refractivity contribution in [1.29, 1.82) is 0 Å². The number of aryl methyl sites for hydroxylation is 1. The number of piperidine rings is 1. The highest BCUT2D eigenvalue weighted by Crippen LogP contribution is 2.41. The van der Waals surface area contributed by atoms with Crippen LogP contribution in [0.3, 0.4) is 0 Å². The smallest absolute Gasteiger partial charge is 0.411 e. The molecule has 3 aromatic carbocycles. The molecule has 0 aliphatic carbocycles. The summed E-state index contributed by atoms with van der Waals surface area (Å²) < 4.78 is 20.4. The van der Waals surface area contributed by atoms with Crippen LogP contribution in [0.2, 0.25) is 0 Å². The van der Waals surface area contributed by atoms with Crippen LogP contribution in [0.1, 0.15) is 91.0 Å². The number of benzene rings is 3. The number of aromatic nitrogens is 5. The quantitative estimate of drug-likeness (QED) is 0.118. The molecular weight excluding hydrogens is 877 g/mol. The lowest BCUT2D eigenvalue weighted by Crippen LogP contribution is -2.47. The Hall–Kier alpha value is -7.96. The third-order valence-corrected chi connectivity index (χ3v) is 12.7. The number of aromatic hydroxyl groups is 3. The number of phenols is 3. The number of hydrogen-bond acceptors (Lipinski definition) is 14. The summed E-state index contributed by atoms with van der Waals surface area (Å²) in [7, 11) is 1.39. The van der Waals surface area contributed by atoms with E-state index in [2.05, 4.69) is 15.5 Å². The van der Waals surface area contributed by atoms with Crippen molar-refractivity contribution in [2.45, 2.75) is 78.2 Å². The summed E-state index contributed by atoms with van der Waals surface area (Å²) in [6, 6.07) is 16.4. The van der Waals surface area contributed by atoms with Crippen LogP contribution in [0.25, 0.3) is 39.4 Å². The van der Waals surface area contributed by atoms with Crippen LogP contribution in [0.5, 0.6) is 23.0 Å². The molecule has 0 spiro atoms. The molecule has 0 radical (unpaired) electrons. The summed E-state index contributed by atoms with van der Waals surface area (Å²) in [6.07, 6.45) is -1.13. The number of fused-ring (bicyclic) bond motifs is 5. The lowest BCUT2D eigenvalue weighted by Gasteiger charge is -2.33. The van der Waals surface area contributed by atoms with E-state index in [0.29, 0.717) is 72.8 Å². The largest absolute Gasteiger partial charge is 0.508 e. The first-order valence-corrected chi connectivity index (χ1v) is 22.5. The molecule has 0 bridgehead atoms. The number of nitrogens with one attached hydrogen (secondary N) is 1. The number of carbonyl (C=O) groups is 4. The third kappa shape index (κ3) is 8.17. The number of pyridine rings is 2. The molecule has 0 unspecified atom stereocenters. The molecule has 1 atom stereocenters. The van der Waals surface area contributed by atoms with Gasteiger partial charge >= 0.3 is 12.1 Å². The van der Waals surface area contributed by atoms with Gasteiger partial charge in [0.05, 0.1) is 34.6 Å². The minimum absolute atomic E-state index is 0.000430. The Kier molecular flexibility index (Phi) is 12.0. The van der Waals surface area contributed by atoms with Crippen molar-refractivity contribution in [3.63, 3.8) is 0 Å². The predicted octanol–water partition coefficient (Wildman–Crippen LogP) is 5.46. The Morgan fingerprint density at radius 3 is 2.40 bits per heavy atom. The first-order valence-electron chi connectivity index (χ1n) is 22.5. The topological polar surface area (TPSA) is 241 Å². The highest BCUT2D eigenvalue weighted by Gasteiger charge is 2.39. The first kappa shape index (κ1) is 45.2. The number of hydrogen-bond donors (Lipinski definition) is 4. The maximum absolute atomic E-state index is 13.9. The fraction of sp³-hybridized carbons (Fsp3) is 0.347. The molecule has 6 heterocycles. The van der Waals surface area contributed by atoms with Crippen LogP contribution in [-0.4, -0.2) is 113 Å². The van der Waals surface area contributed by atoms with E-state index in [4.69, 9.17) is 19.2 Å². The van der Waals surface area contributed by atoms with Crippen LogP contribution in [0.4, 0.5) is 4.79 Å². The monoisotopic (exact) mass is 926 g/mol. The van der Waals surface area contributed by atoms with Gasteiger partial charge in [-0.3, -0.25) is 19.0 Å². The van der Waals surface area contributed by atoms with E-state index in [9.17, 15) is 39.3 Å². The molecule has 3 aliphatic heterocycles. The standard InChI is InChI=1S/C49H50N8O11/c1-6-30-32-18-27(58)10-13-37(32)51-42-35(30)22-56-38(42)20-33-36(47(56)63)24-66-48(64)43(33)68-49(65)54(5)23-41(61)55-16-14-29(15-17-55)67-28-11-8-26(9-12-28)57-44(52-53-45(57)46(62)50-7-2)34-19-31(25(3)4)39(59)21-40(34)60/h8-13,18-21,25,29,43,58-60H,6-7,14-17,22-24H2,1-5H3,(H,50,62)/t43-/m0/s1. The maximum atomic E-state index is 13.9. The lowest BCUT2D eigenvalue weighted by molar-refractivity contribution is -0.158. The van der Waals surface area contributed by atoms with Crippen LogP contribution < -0.4 is 15.6 Å². The predicted molar refractivity (Wildman–Crippen MR) is 246 cm³/mol. The van der Waals surface area contributed by atoms with Gasteiger partial charge in [0.15, 0.2) is 5.82 Å². The van der Waals surface area contributed by atoms with E-state index in [0.717, 1.165) is 21.4 Å². The van der Waals surface area contributed by atoms with Gasteiger partial charge in [-0.2, -0.15) is 0 Å². The maximum Gasteiger partial charge on any atom is 0.411 e. The van der Waals surface area contributed by atoms with Gasteiger partial charge in [-0.05, 0) is 85.0 Å². The molecular formula is C49H50N8O11. The molecule has 1 saturated heterocycles. The molecule has 1 fully saturated rings. The van der Waals surface area contributed by atoms with E-state index in [1.165, 1.54) is 17.7 Å². The van der Waals surface area contributed by atoms with Gasteiger partial charge in [-0.1, -0.05) is 20.8 Å². The minimum Gasteiger partial charge on any atom is -0.508 e. The van der Waals surface area contributed by atoms with Gasteiger partial charge < -0.3 is 49.2 Å². The number of ether oxygens (including phenoxy) is 3. The summed E-state index contributed by atoms with van der Waals surface area (Å²) in [5.41, 5.74) is 4.83. The molecule has 19 heteroatoms. The van der Waals surface area contributed by atoms with Crippen LogP contribution >= 0.6 is 0 Å². The molecule has 6 aromatic rings. The molecule has 19 nitrogen and oxygen atoms in total. The van der Waals surface area contributed by atoms with Crippen molar-refractivity contribution in [1.82, 2.24) is 39.4 Å². The third-order valence-electron chi connectivity index (χ3n) is 12.7. The molecule has 68 heavy (non-hydrogen) atoms. The van der Waals surface area contributed by atoms with Gasteiger partial charge in [-0.25, -0.2) is 14.6 Å². The van der Waals surface area contributed by atoms with Crippen LogP contribution in [0.15, 0.2) is 65.5 Å². The van der Waals surface area contributed by atoms with Crippen molar-refractivity contribution >= 4 is 34.8 Å². The number of likely N-dealkylation sites (tertiary alicyclic amines) is 1. The summed E-state index contributed by atoms with van der Waals surface area (Å²) in [4.78, 5) is 74.7. The average molecular weight is 927 g/mol. The minimum atomic E-state index is -1.55. The van der Waals surface area contributed by atoms with Gasteiger partial charge in [0.25, 0.3) is 11.5 Å². The van der Waals surface area contributed by atoms with Crippen molar-refractivity contribution in [3.8, 4) is 51.5 Å². The fourth-order valence-electron chi connectivity index (χ4n) is 9.17. The zero-order chi connectivity index (χ0) is 48.1. The second-order valence-electron chi connectivity index (χ2n) is 17.4. The molecule has 9 rings (SSSR count). The second-order valence-corrected chi connectivity index (χ2v) is 17.4. The molecule has 0 saturated carbocycles. The first-order chi connectivity index (χ1) is 32.6. The molecule has 352 valence electrons. The van der Waals surface area contributed by atoms with Gasteiger partial charge in [0.2, 0.25) is 17.8 Å². The number of carbonyl (C=O) groups excluding carboxylic acids is 4. The highest BCUT2D eigenvalue weighted by atomic mass is 16.6. The van der Waals surface area contributed by atoms with E-state index >= 15 is 0 Å². The number of phenolic OH excluding ortho intramolecular Hbond substituents is 3. The van der Waals surface area contributed by atoms with E-state index in [1.54, 1.807) is 71.0 Å². The van der Waals surface area contributed by atoms with Crippen molar-refractivity contribution in [2.75, 3.05) is 33.2 Å². The van der Waals surface area contributed by atoms with Gasteiger partial charge in [-0.15, -0.1) is 10.2 Å². The van der Waals surface area contributed by atoms with E-state index in [1.807, 2.05) is 20.8 Å². The summed E-state index contributed by atoms with van der Waals surface area (Å²) in [5, 5.41) is 43.5. The Labute approximate surface area is 389 Å². The number of nitrogens with zero attached hydrogens (tertiary/aromatic N) is 7. The number of likely N-dealkylation sites (N-methyl/N-ethyl adjacent to an activating group) is 1. The molecule has 3 aromatic heterocycles. The molecule has 4 N–H and O–H groups in total. The summed E-state index contributed by atoms with van der Waals surface area (Å²) in [5.74, 6) is -1.16. The van der Waals surface area contributed by atoms with E-state index < -0.39 is 29.6 Å². The molecule has 3 aliphatic rings. The van der Waals surface area contributed by atoms with Crippen molar-refractivity contribution in [3.05, 3.63) is 105 Å². The number of amides is 3. The Morgan fingerprint density at radius 1 is 0.941 bits per heavy atom.